The monoisotopic (exact) mass is 536 g/mol. The lowest BCUT2D eigenvalue weighted by atomic mass is 9.99. The SMILES string of the molecule is COc1c(Cl)cc(/C(O)=C2/C(=O)C(=O)N(c3ccc(S(N)(=O)=O)cc3)C2c2ccc(C)o2)cc1Cl. The van der Waals surface area contributed by atoms with Gasteiger partial charge in [-0.15, -0.1) is 0 Å². The second-order valence-electron chi connectivity index (χ2n) is 7.63. The summed E-state index contributed by atoms with van der Waals surface area (Å²) < 4.78 is 34.1. The van der Waals surface area contributed by atoms with E-state index in [0.717, 1.165) is 4.90 Å². The van der Waals surface area contributed by atoms with E-state index in [9.17, 15) is 23.1 Å². The molecule has 2 aromatic carbocycles. The van der Waals surface area contributed by atoms with Crippen LogP contribution in [0.3, 0.4) is 0 Å². The van der Waals surface area contributed by atoms with Gasteiger partial charge in [-0.05, 0) is 55.5 Å². The van der Waals surface area contributed by atoms with Crippen LogP contribution in [0.1, 0.15) is 23.1 Å². The van der Waals surface area contributed by atoms with Crippen LogP contribution in [0.4, 0.5) is 5.69 Å². The normalized spacial score (nSPS) is 17.7. The van der Waals surface area contributed by atoms with Crippen LogP contribution in [0.5, 0.6) is 5.75 Å². The van der Waals surface area contributed by atoms with Gasteiger partial charge in [-0.2, -0.15) is 0 Å². The number of hydrogen-bond acceptors (Lipinski definition) is 7. The summed E-state index contributed by atoms with van der Waals surface area (Å²) in [5.41, 5.74) is -0.00257. The van der Waals surface area contributed by atoms with Gasteiger partial charge in [-0.1, -0.05) is 23.2 Å². The van der Waals surface area contributed by atoms with E-state index in [4.69, 9.17) is 37.5 Å². The van der Waals surface area contributed by atoms with Crippen LogP contribution in [0.2, 0.25) is 10.0 Å². The highest BCUT2D eigenvalue weighted by Gasteiger charge is 2.48. The van der Waals surface area contributed by atoms with Gasteiger partial charge in [0.25, 0.3) is 11.7 Å². The number of carbonyl (C=O) groups excluding carboxylic acids is 2. The predicted octanol–water partition coefficient (Wildman–Crippen LogP) is 4.18. The lowest BCUT2D eigenvalue weighted by Crippen LogP contribution is -2.29. The summed E-state index contributed by atoms with van der Waals surface area (Å²) in [4.78, 5) is 27.2. The van der Waals surface area contributed by atoms with Gasteiger partial charge in [0, 0.05) is 11.3 Å². The molecule has 1 fully saturated rings. The number of aryl methyl sites for hydroxylation is 1. The van der Waals surface area contributed by atoms with Gasteiger partial charge in [-0.3, -0.25) is 14.5 Å². The number of nitrogens with two attached hydrogens (primary N) is 1. The number of sulfonamides is 1. The molecule has 2 heterocycles. The summed E-state index contributed by atoms with van der Waals surface area (Å²) in [6.07, 6.45) is 0. The second-order valence-corrected chi connectivity index (χ2v) is 10.0. The van der Waals surface area contributed by atoms with Gasteiger partial charge in [0.15, 0.2) is 5.75 Å². The van der Waals surface area contributed by atoms with Crippen LogP contribution in [0.15, 0.2) is 63.4 Å². The number of nitrogens with zero attached hydrogens (tertiary/aromatic N) is 1. The number of carbonyl (C=O) groups is 2. The highest BCUT2D eigenvalue weighted by Crippen LogP contribution is 2.44. The molecule has 0 aliphatic carbocycles. The van der Waals surface area contributed by atoms with Crippen molar-refractivity contribution in [3.8, 4) is 5.75 Å². The minimum atomic E-state index is -3.98. The Morgan fingerprint density at radius 3 is 2.17 bits per heavy atom. The zero-order valence-corrected chi connectivity index (χ0v) is 20.6. The average molecular weight is 537 g/mol. The first-order valence-electron chi connectivity index (χ1n) is 9.97. The van der Waals surface area contributed by atoms with Crippen molar-refractivity contribution in [1.82, 2.24) is 0 Å². The van der Waals surface area contributed by atoms with Crippen molar-refractivity contribution >= 4 is 56.4 Å². The molecule has 1 atom stereocenters. The molecule has 12 heteroatoms. The molecule has 1 amide bonds. The fraction of sp³-hybridized carbons (Fsp3) is 0.130. The molecule has 0 saturated carbocycles. The summed E-state index contributed by atoms with van der Waals surface area (Å²) in [6.45, 7) is 1.68. The standard InChI is InChI=1S/C23H18Cl2N2O7S/c1-11-3-8-17(34-11)19-18(20(28)12-9-15(24)22(33-2)16(25)10-12)21(29)23(30)27(19)13-4-6-14(7-5-13)35(26,31)32/h3-10,19,28H,1-2H3,(H2,26,31,32)/b20-18-. The second kappa shape index (κ2) is 9.04. The number of anilines is 1. The number of aliphatic hydroxyl groups is 1. The summed E-state index contributed by atoms with van der Waals surface area (Å²) in [6, 6.07) is 9.81. The summed E-state index contributed by atoms with van der Waals surface area (Å²) in [5, 5.41) is 16.5. The lowest BCUT2D eigenvalue weighted by molar-refractivity contribution is -0.132. The number of ketones is 1. The van der Waals surface area contributed by atoms with Crippen molar-refractivity contribution in [3.05, 3.63) is 81.2 Å². The predicted molar refractivity (Wildman–Crippen MR) is 129 cm³/mol. The molecule has 1 unspecified atom stereocenters. The van der Waals surface area contributed by atoms with Crippen molar-refractivity contribution in [2.24, 2.45) is 5.14 Å². The molecule has 3 aromatic rings. The number of benzene rings is 2. The van der Waals surface area contributed by atoms with Crippen LogP contribution >= 0.6 is 23.2 Å². The van der Waals surface area contributed by atoms with Crippen molar-refractivity contribution in [2.75, 3.05) is 12.0 Å². The van der Waals surface area contributed by atoms with Gasteiger partial charge in [0.2, 0.25) is 10.0 Å². The Balaban J connectivity index is 1.92. The highest BCUT2D eigenvalue weighted by atomic mass is 35.5. The average Bonchev–Trinajstić information content (AvgIpc) is 3.33. The third-order valence-electron chi connectivity index (χ3n) is 5.39. The van der Waals surface area contributed by atoms with E-state index in [1.165, 1.54) is 43.5 Å². The summed E-state index contributed by atoms with van der Waals surface area (Å²) in [5.74, 6) is -1.59. The molecule has 35 heavy (non-hydrogen) atoms. The molecule has 3 N–H and O–H groups in total. The number of primary sulfonamides is 1. The van der Waals surface area contributed by atoms with E-state index in [1.807, 2.05) is 0 Å². The summed E-state index contributed by atoms with van der Waals surface area (Å²) in [7, 11) is -2.60. The van der Waals surface area contributed by atoms with Crippen LogP contribution in [0, 0.1) is 6.92 Å². The highest BCUT2D eigenvalue weighted by molar-refractivity contribution is 7.89. The number of amides is 1. The maximum absolute atomic E-state index is 13.2. The minimum absolute atomic E-state index is 0.0802. The molecule has 1 aliphatic rings. The molecule has 9 nitrogen and oxygen atoms in total. The molecule has 0 bridgehead atoms. The van der Waals surface area contributed by atoms with E-state index < -0.39 is 33.5 Å². The Kier molecular flexibility index (Phi) is 6.41. The zero-order chi connectivity index (χ0) is 25.7. The van der Waals surface area contributed by atoms with Gasteiger partial charge < -0.3 is 14.3 Å². The van der Waals surface area contributed by atoms with Crippen LogP contribution < -0.4 is 14.8 Å². The number of furan rings is 1. The van der Waals surface area contributed by atoms with Crippen molar-refractivity contribution in [2.45, 2.75) is 17.9 Å². The number of methoxy groups -OCH3 is 1. The zero-order valence-electron chi connectivity index (χ0n) is 18.3. The first kappa shape index (κ1) is 24.8. The number of rotatable bonds is 5. The largest absolute Gasteiger partial charge is 0.507 e. The van der Waals surface area contributed by atoms with Crippen molar-refractivity contribution < 1.29 is 32.3 Å². The molecule has 0 radical (unpaired) electrons. The maximum Gasteiger partial charge on any atom is 0.300 e. The van der Waals surface area contributed by atoms with Crippen LogP contribution in [-0.4, -0.2) is 32.3 Å². The first-order valence-corrected chi connectivity index (χ1v) is 12.3. The quantitative estimate of drug-likeness (QED) is 0.283. The Hall–Kier alpha value is -3.31. The Labute approximate surface area is 210 Å². The molecular weight excluding hydrogens is 519 g/mol. The fourth-order valence-corrected chi connectivity index (χ4v) is 4.97. The molecule has 1 aliphatic heterocycles. The Bertz CT molecular complexity index is 1470. The first-order chi connectivity index (χ1) is 16.4. The Morgan fingerprint density at radius 1 is 1.09 bits per heavy atom. The topological polar surface area (TPSA) is 140 Å². The number of ether oxygens (including phenoxy) is 1. The third-order valence-corrected chi connectivity index (χ3v) is 6.89. The fourth-order valence-electron chi connectivity index (χ4n) is 3.81. The minimum Gasteiger partial charge on any atom is -0.507 e. The van der Waals surface area contributed by atoms with Gasteiger partial charge in [-0.25, -0.2) is 13.6 Å². The van der Waals surface area contributed by atoms with Gasteiger partial charge in [0.05, 0.1) is 27.6 Å². The number of Topliss-reactive ketones (excluding diaryl/α,β-unsaturated/α-hetero) is 1. The summed E-state index contributed by atoms with van der Waals surface area (Å²) >= 11 is 12.4. The number of aliphatic hydroxyl groups excluding tert-OH is 1. The molecule has 1 aromatic heterocycles. The molecule has 1 saturated heterocycles. The number of hydrogen-bond donors (Lipinski definition) is 2. The van der Waals surface area contributed by atoms with E-state index in [0.29, 0.717) is 5.76 Å². The maximum atomic E-state index is 13.2. The lowest BCUT2D eigenvalue weighted by Gasteiger charge is -2.23. The van der Waals surface area contributed by atoms with Gasteiger partial charge >= 0.3 is 0 Å². The number of halogens is 2. The smallest absolute Gasteiger partial charge is 0.300 e. The van der Waals surface area contributed by atoms with Crippen molar-refractivity contribution in [1.29, 1.82) is 0 Å². The third kappa shape index (κ3) is 4.41. The molecule has 4 rings (SSSR count). The van der Waals surface area contributed by atoms with E-state index in [1.54, 1.807) is 19.1 Å². The van der Waals surface area contributed by atoms with E-state index >= 15 is 0 Å². The molecule has 182 valence electrons. The van der Waals surface area contributed by atoms with Crippen LogP contribution in [-0.2, 0) is 19.6 Å². The van der Waals surface area contributed by atoms with Gasteiger partial charge in [0.1, 0.15) is 23.3 Å². The van der Waals surface area contributed by atoms with E-state index in [-0.39, 0.29) is 43.3 Å². The van der Waals surface area contributed by atoms with Crippen molar-refractivity contribution in [3.63, 3.8) is 0 Å². The van der Waals surface area contributed by atoms with Crippen LogP contribution in [0.25, 0.3) is 5.76 Å². The Morgan fingerprint density at radius 2 is 1.69 bits per heavy atom. The van der Waals surface area contributed by atoms with E-state index in [2.05, 4.69) is 0 Å². The molecular formula is C23H18Cl2N2O7S. The molecule has 0 spiro atoms.